The summed E-state index contributed by atoms with van der Waals surface area (Å²) in [6.45, 7) is 3.88. The van der Waals surface area contributed by atoms with Gasteiger partial charge in [0.2, 0.25) is 0 Å². The summed E-state index contributed by atoms with van der Waals surface area (Å²) in [5.41, 5.74) is 2.68. The molecule has 1 atom stereocenters. The Balaban J connectivity index is 2.02. The van der Waals surface area contributed by atoms with E-state index in [0.717, 1.165) is 11.1 Å². The van der Waals surface area contributed by atoms with Gasteiger partial charge in [-0.3, -0.25) is 0 Å². The molecule has 0 aliphatic heterocycles. The SMILES string of the molecule is COc1cc(C)ccc1NC(=O)NC(C)c1ccc(Cl)cc1. The Morgan fingerprint density at radius 2 is 1.86 bits per heavy atom. The summed E-state index contributed by atoms with van der Waals surface area (Å²) in [7, 11) is 1.58. The summed E-state index contributed by atoms with van der Waals surface area (Å²) in [5, 5.41) is 6.35. The van der Waals surface area contributed by atoms with Gasteiger partial charge in [0, 0.05) is 5.02 Å². The van der Waals surface area contributed by atoms with Crippen molar-refractivity contribution in [2.75, 3.05) is 12.4 Å². The minimum Gasteiger partial charge on any atom is -0.495 e. The zero-order valence-corrected chi connectivity index (χ0v) is 13.6. The van der Waals surface area contributed by atoms with Gasteiger partial charge in [-0.1, -0.05) is 29.8 Å². The molecule has 116 valence electrons. The van der Waals surface area contributed by atoms with Crippen LogP contribution in [0.2, 0.25) is 5.02 Å². The van der Waals surface area contributed by atoms with Gasteiger partial charge in [-0.2, -0.15) is 0 Å². The van der Waals surface area contributed by atoms with E-state index >= 15 is 0 Å². The van der Waals surface area contributed by atoms with Crippen molar-refractivity contribution in [2.45, 2.75) is 19.9 Å². The fourth-order valence-electron chi connectivity index (χ4n) is 2.09. The predicted octanol–water partition coefficient (Wildman–Crippen LogP) is 4.54. The monoisotopic (exact) mass is 318 g/mol. The third-order valence-electron chi connectivity index (χ3n) is 3.32. The fourth-order valence-corrected chi connectivity index (χ4v) is 2.22. The van der Waals surface area contributed by atoms with Gasteiger partial charge in [-0.25, -0.2) is 4.79 Å². The molecule has 0 saturated carbocycles. The van der Waals surface area contributed by atoms with Crippen LogP contribution in [0.15, 0.2) is 42.5 Å². The number of halogens is 1. The molecule has 4 nitrogen and oxygen atoms in total. The van der Waals surface area contributed by atoms with Gasteiger partial charge in [0.15, 0.2) is 0 Å². The topological polar surface area (TPSA) is 50.4 Å². The van der Waals surface area contributed by atoms with Crippen molar-refractivity contribution >= 4 is 23.3 Å². The number of anilines is 1. The van der Waals surface area contributed by atoms with E-state index < -0.39 is 0 Å². The van der Waals surface area contributed by atoms with Crippen LogP contribution < -0.4 is 15.4 Å². The molecule has 1 unspecified atom stereocenters. The number of amides is 2. The van der Waals surface area contributed by atoms with Gasteiger partial charge < -0.3 is 15.4 Å². The summed E-state index contributed by atoms with van der Waals surface area (Å²) in [5.74, 6) is 0.634. The molecule has 0 aromatic heterocycles. The van der Waals surface area contributed by atoms with Crippen molar-refractivity contribution in [3.8, 4) is 5.75 Å². The molecule has 0 spiro atoms. The van der Waals surface area contributed by atoms with Crippen molar-refractivity contribution < 1.29 is 9.53 Å². The van der Waals surface area contributed by atoms with Crippen LogP contribution in [0.5, 0.6) is 5.75 Å². The Kier molecular flexibility index (Phi) is 5.28. The maximum absolute atomic E-state index is 12.1. The molecule has 0 bridgehead atoms. The van der Waals surface area contributed by atoms with Crippen LogP contribution in [-0.2, 0) is 0 Å². The van der Waals surface area contributed by atoms with Crippen molar-refractivity contribution in [2.24, 2.45) is 0 Å². The second kappa shape index (κ2) is 7.18. The molecule has 0 aliphatic rings. The first-order valence-corrected chi connectivity index (χ1v) is 7.35. The van der Waals surface area contributed by atoms with E-state index in [-0.39, 0.29) is 12.1 Å². The van der Waals surface area contributed by atoms with E-state index in [0.29, 0.717) is 16.5 Å². The van der Waals surface area contributed by atoms with E-state index in [2.05, 4.69) is 10.6 Å². The van der Waals surface area contributed by atoms with Gasteiger partial charge in [0.25, 0.3) is 0 Å². The van der Waals surface area contributed by atoms with Crippen molar-refractivity contribution in [1.29, 1.82) is 0 Å². The second-order valence-electron chi connectivity index (χ2n) is 5.08. The molecule has 0 radical (unpaired) electrons. The van der Waals surface area contributed by atoms with Crippen LogP contribution in [-0.4, -0.2) is 13.1 Å². The highest BCUT2D eigenvalue weighted by atomic mass is 35.5. The molecule has 2 aromatic rings. The number of rotatable bonds is 4. The Morgan fingerprint density at radius 1 is 1.18 bits per heavy atom. The Hall–Kier alpha value is -2.20. The Bertz CT molecular complexity index is 656. The van der Waals surface area contributed by atoms with Crippen LogP contribution >= 0.6 is 11.6 Å². The lowest BCUT2D eigenvalue weighted by atomic mass is 10.1. The molecule has 2 rings (SSSR count). The number of urea groups is 1. The molecular formula is C17H19ClN2O2. The standard InChI is InChI=1S/C17H19ClN2O2/c1-11-4-9-15(16(10-11)22-3)20-17(21)19-12(2)13-5-7-14(18)8-6-13/h4-10,12H,1-3H3,(H2,19,20,21). The Morgan fingerprint density at radius 3 is 2.50 bits per heavy atom. The van der Waals surface area contributed by atoms with Gasteiger partial charge in [0.05, 0.1) is 18.8 Å². The number of ether oxygens (including phenoxy) is 1. The third kappa shape index (κ3) is 4.15. The lowest BCUT2D eigenvalue weighted by molar-refractivity contribution is 0.249. The number of methoxy groups -OCH3 is 1. The van der Waals surface area contributed by atoms with E-state index in [9.17, 15) is 4.79 Å². The number of carbonyl (C=O) groups is 1. The molecule has 2 N–H and O–H groups in total. The number of nitrogens with one attached hydrogen (secondary N) is 2. The first kappa shape index (κ1) is 16.2. The first-order chi connectivity index (χ1) is 10.5. The predicted molar refractivity (Wildman–Crippen MR) is 89.8 cm³/mol. The van der Waals surface area contributed by atoms with Gasteiger partial charge >= 0.3 is 6.03 Å². The number of benzene rings is 2. The number of hydrogen-bond acceptors (Lipinski definition) is 2. The molecule has 0 fully saturated rings. The molecule has 0 saturated heterocycles. The molecule has 0 heterocycles. The highest BCUT2D eigenvalue weighted by molar-refractivity contribution is 6.30. The molecular weight excluding hydrogens is 300 g/mol. The number of carbonyl (C=O) groups excluding carboxylic acids is 1. The van der Waals surface area contributed by atoms with Gasteiger partial charge in [-0.15, -0.1) is 0 Å². The molecule has 5 heteroatoms. The van der Waals surface area contributed by atoms with Crippen LogP contribution in [0, 0.1) is 6.92 Å². The molecule has 22 heavy (non-hydrogen) atoms. The van der Waals surface area contributed by atoms with Crippen LogP contribution in [0.25, 0.3) is 0 Å². The van der Waals surface area contributed by atoms with Crippen molar-refractivity contribution in [3.05, 3.63) is 58.6 Å². The molecule has 0 aliphatic carbocycles. The summed E-state index contributed by atoms with van der Waals surface area (Å²) in [6.07, 6.45) is 0. The number of hydrogen-bond donors (Lipinski definition) is 2. The highest BCUT2D eigenvalue weighted by Gasteiger charge is 2.11. The fraction of sp³-hybridized carbons (Fsp3) is 0.235. The summed E-state index contributed by atoms with van der Waals surface area (Å²) < 4.78 is 5.27. The average Bonchev–Trinajstić information content (AvgIpc) is 2.49. The summed E-state index contributed by atoms with van der Waals surface area (Å²) in [6, 6.07) is 12.6. The normalized spacial score (nSPS) is 11.6. The minimum atomic E-state index is -0.287. The third-order valence-corrected chi connectivity index (χ3v) is 3.57. The molecule has 2 aromatic carbocycles. The smallest absolute Gasteiger partial charge is 0.319 e. The first-order valence-electron chi connectivity index (χ1n) is 6.97. The number of aryl methyl sites for hydroxylation is 1. The highest BCUT2D eigenvalue weighted by Crippen LogP contribution is 2.25. The van der Waals surface area contributed by atoms with Crippen LogP contribution in [0.4, 0.5) is 10.5 Å². The maximum Gasteiger partial charge on any atom is 0.319 e. The maximum atomic E-state index is 12.1. The van der Waals surface area contributed by atoms with E-state index in [1.807, 2.05) is 44.2 Å². The average molecular weight is 319 g/mol. The summed E-state index contributed by atoms with van der Waals surface area (Å²) >= 11 is 5.86. The largest absolute Gasteiger partial charge is 0.495 e. The van der Waals surface area contributed by atoms with Gasteiger partial charge in [-0.05, 0) is 49.2 Å². The quantitative estimate of drug-likeness (QED) is 0.869. The second-order valence-corrected chi connectivity index (χ2v) is 5.51. The van der Waals surface area contributed by atoms with Crippen LogP contribution in [0.1, 0.15) is 24.1 Å². The van der Waals surface area contributed by atoms with Crippen molar-refractivity contribution in [1.82, 2.24) is 5.32 Å². The van der Waals surface area contributed by atoms with Crippen LogP contribution in [0.3, 0.4) is 0 Å². The van der Waals surface area contributed by atoms with Gasteiger partial charge in [0.1, 0.15) is 5.75 Å². The lowest BCUT2D eigenvalue weighted by Gasteiger charge is -2.16. The van der Waals surface area contributed by atoms with E-state index in [1.165, 1.54) is 0 Å². The minimum absolute atomic E-state index is 0.131. The van der Waals surface area contributed by atoms with E-state index in [4.69, 9.17) is 16.3 Å². The zero-order chi connectivity index (χ0) is 16.1. The Labute approximate surface area is 135 Å². The molecule has 2 amide bonds. The van der Waals surface area contributed by atoms with E-state index in [1.54, 1.807) is 19.2 Å². The zero-order valence-electron chi connectivity index (χ0n) is 12.8. The summed E-state index contributed by atoms with van der Waals surface area (Å²) in [4.78, 5) is 12.1. The van der Waals surface area contributed by atoms with Crippen molar-refractivity contribution in [3.63, 3.8) is 0 Å². The lowest BCUT2D eigenvalue weighted by Crippen LogP contribution is -2.31.